The molecule has 2 aromatic rings. The molecule has 38 heavy (non-hydrogen) atoms. The lowest BCUT2D eigenvalue weighted by atomic mass is 9.87. The van der Waals surface area contributed by atoms with Crippen molar-refractivity contribution in [1.82, 2.24) is 15.2 Å². The van der Waals surface area contributed by atoms with Crippen LogP contribution in [0.2, 0.25) is 0 Å². The van der Waals surface area contributed by atoms with E-state index >= 15 is 0 Å². The third-order valence-electron chi connectivity index (χ3n) is 8.25. The number of aromatic nitrogens is 1. The highest BCUT2D eigenvalue weighted by atomic mass is 16.2. The summed E-state index contributed by atoms with van der Waals surface area (Å²) in [5.41, 5.74) is 8.43. The normalized spacial score (nSPS) is 19.1. The van der Waals surface area contributed by atoms with Gasteiger partial charge in [-0.25, -0.2) is 4.99 Å². The molecule has 6 nitrogen and oxygen atoms in total. The summed E-state index contributed by atoms with van der Waals surface area (Å²) in [4.78, 5) is 26.8. The number of fused-ring (bicyclic) bond motifs is 1. The van der Waals surface area contributed by atoms with Gasteiger partial charge < -0.3 is 10.3 Å². The molecule has 1 aromatic heterocycles. The number of amides is 1. The standard InChI is InChI=1S/C32H45N5O/c1-7-24(17-22(4)23(5)34-20-33-6)32-31(21(2)3)28-18-26(11-12-29(28)36-32)25-13-15-37(16-14-25)19-30(38)35-27-9-8-10-27/h7,11-12,17-18,20-21,25,27,36H,8-10,13-16,19H2,1-6H3,(H,35,38)/b22-17-,24-7+,33-20?,34-23?. The number of nitrogens with zero attached hydrogens (tertiary/aromatic N) is 3. The number of carbonyl (C=O) groups is 1. The van der Waals surface area contributed by atoms with Crippen LogP contribution in [-0.2, 0) is 4.79 Å². The first-order valence-corrected chi connectivity index (χ1v) is 14.3. The van der Waals surface area contributed by atoms with E-state index in [0.29, 0.717) is 24.4 Å². The molecule has 1 aliphatic carbocycles. The lowest BCUT2D eigenvalue weighted by Crippen LogP contribution is -2.46. The fourth-order valence-electron chi connectivity index (χ4n) is 5.65. The third kappa shape index (κ3) is 6.52. The van der Waals surface area contributed by atoms with Gasteiger partial charge in [0.05, 0.1) is 6.54 Å². The van der Waals surface area contributed by atoms with Crippen molar-refractivity contribution in [2.45, 2.75) is 84.6 Å². The Balaban J connectivity index is 1.52. The zero-order chi connectivity index (χ0) is 27.2. The van der Waals surface area contributed by atoms with Crippen LogP contribution in [0.1, 0.15) is 95.4 Å². The molecule has 1 aromatic carbocycles. The molecule has 0 unspecified atom stereocenters. The van der Waals surface area contributed by atoms with Gasteiger partial charge in [0.15, 0.2) is 0 Å². The van der Waals surface area contributed by atoms with E-state index in [4.69, 9.17) is 0 Å². The average Bonchev–Trinajstić information content (AvgIpc) is 3.27. The maximum atomic E-state index is 12.4. The number of allylic oxidation sites excluding steroid dienone is 4. The molecule has 1 saturated heterocycles. The van der Waals surface area contributed by atoms with Gasteiger partial charge >= 0.3 is 0 Å². The number of rotatable bonds is 9. The van der Waals surface area contributed by atoms with E-state index in [1.807, 2.05) is 6.92 Å². The van der Waals surface area contributed by atoms with Gasteiger partial charge in [-0.3, -0.25) is 14.7 Å². The van der Waals surface area contributed by atoms with Crippen molar-refractivity contribution in [3.8, 4) is 0 Å². The van der Waals surface area contributed by atoms with Crippen molar-refractivity contribution in [2.24, 2.45) is 9.98 Å². The first-order valence-electron chi connectivity index (χ1n) is 14.3. The summed E-state index contributed by atoms with van der Waals surface area (Å²) >= 11 is 0. The summed E-state index contributed by atoms with van der Waals surface area (Å²) in [7, 11) is 1.74. The predicted molar refractivity (Wildman–Crippen MR) is 162 cm³/mol. The Morgan fingerprint density at radius 2 is 1.92 bits per heavy atom. The van der Waals surface area contributed by atoms with Crippen LogP contribution in [0.25, 0.3) is 16.5 Å². The second-order valence-electron chi connectivity index (χ2n) is 11.3. The number of piperidine rings is 1. The summed E-state index contributed by atoms with van der Waals surface area (Å²) in [6.45, 7) is 13.3. The van der Waals surface area contributed by atoms with Crippen molar-refractivity contribution >= 4 is 34.4 Å². The van der Waals surface area contributed by atoms with Crippen molar-refractivity contribution in [2.75, 3.05) is 26.7 Å². The van der Waals surface area contributed by atoms with Crippen LogP contribution in [0, 0.1) is 0 Å². The molecule has 0 bridgehead atoms. The Kier molecular flexibility index (Phi) is 9.37. The van der Waals surface area contributed by atoms with Crippen LogP contribution in [-0.4, -0.2) is 60.6 Å². The van der Waals surface area contributed by atoms with Crippen LogP contribution in [0.15, 0.2) is 45.9 Å². The lowest BCUT2D eigenvalue weighted by molar-refractivity contribution is -0.123. The molecule has 0 spiro atoms. The molecular formula is C32H45N5O. The molecule has 204 valence electrons. The molecule has 2 heterocycles. The van der Waals surface area contributed by atoms with Crippen LogP contribution in [0.5, 0.6) is 0 Å². The predicted octanol–water partition coefficient (Wildman–Crippen LogP) is 6.61. The molecule has 6 heteroatoms. The minimum Gasteiger partial charge on any atom is -0.354 e. The number of benzene rings is 1. The molecule has 0 atom stereocenters. The SMILES string of the molecule is C/C=C(\C=C(\C)C(C)=NC=NC)c1[nH]c2ccc(C3CCN(CC(=O)NC4CCC4)CC3)cc2c1C(C)C. The number of aromatic amines is 1. The van der Waals surface area contributed by atoms with E-state index in [1.54, 1.807) is 13.4 Å². The van der Waals surface area contributed by atoms with Crippen LogP contribution in [0.3, 0.4) is 0 Å². The number of H-pyrrole nitrogens is 1. The highest BCUT2D eigenvalue weighted by Gasteiger charge is 2.25. The van der Waals surface area contributed by atoms with E-state index in [2.05, 4.69) is 83.2 Å². The highest BCUT2D eigenvalue weighted by molar-refractivity contribution is 6.04. The second-order valence-corrected chi connectivity index (χ2v) is 11.3. The number of hydrogen-bond donors (Lipinski definition) is 2. The number of likely N-dealkylation sites (tertiary alicyclic amines) is 1. The summed E-state index contributed by atoms with van der Waals surface area (Å²) in [5.74, 6) is 1.11. The minimum absolute atomic E-state index is 0.194. The largest absolute Gasteiger partial charge is 0.354 e. The van der Waals surface area contributed by atoms with Gasteiger partial charge in [-0.1, -0.05) is 26.0 Å². The average molecular weight is 516 g/mol. The molecule has 1 amide bonds. The number of hydrogen-bond acceptors (Lipinski definition) is 3. The van der Waals surface area contributed by atoms with Gasteiger partial charge in [0.2, 0.25) is 5.91 Å². The van der Waals surface area contributed by atoms with Gasteiger partial charge in [0, 0.05) is 35.4 Å². The molecule has 4 rings (SSSR count). The Bertz CT molecular complexity index is 1250. The monoisotopic (exact) mass is 515 g/mol. The molecule has 1 saturated carbocycles. The number of nitrogens with one attached hydrogen (secondary N) is 2. The van der Waals surface area contributed by atoms with E-state index < -0.39 is 0 Å². The topological polar surface area (TPSA) is 72.8 Å². The van der Waals surface area contributed by atoms with Crippen molar-refractivity contribution in [3.05, 3.63) is 52.7 Å². The smallest absolute Gasteiger partial charge is 0.234 e. The maximum Gasteiger partial charge on any atom is 0.234 e. The number of aliphatic imine (C=N–C) groups is 2. The van der Waals surface area contributed by atoms with Gasteiger partial charge in [0.1, 0.15) is 6.34 Å². The molecule has 2 aliphatic rings. The first-order chi connectivity index (χ1) is 18.3. The quantitative estimate of drug-likeness (QED) is 0.224. The summed E-state index contributed by atoms with van der Waals surface area (Å²) < 4.78 is 0. The lowest BCUT2D eigenvalue weighted by Gasteiger charge is -2.33. The summed E-state index contributed by atoms with van der Waals surface area (Å²) in [6.07, 6.45) is 11.7. The van der Waals surface area contributed by atoms with Gasteiger partial charge in [-0.2, -0.15) is 0 Å². The molecule has 1 aliphatic heterocycles. The van der Waals surface area contributed by atoms with Gasteiger partial charge in [-0.05, 0) is 118 Å². The van der Waals surface area contributed by atoms with Crippen LogP contribution >= 0.6 is 0 Å². The zero-order valence-electron chi connectivity index (χ0n) is 24.1. The Hall–Kier alpha value is -2.99. The zero-order valence-corrected chi connectivity index (χ0v) is 24.1. The fraction of sp³-hybridized carbons (Fsp3) is 0.531. The van der Waals surface area contributed by atoms with Crippen LogP contribution in [0.4, 0.5) is 0 Å². The molecule has 2 N–H and O–H groups in total. The fourth-order valence-corrected chi connectivity index (χ4v) is 5.65. The molecule has 0 radical (unpaired) electrons. The minimum atomic E-state index is 0.194. The first kappa shape index (κ1) is 28.0. The van der Waals surface area contributed by atoms with Gasteiger partial charge in [0.25, 0.3) is 0 Å². The van der Waals surface area contributed by atoms with E-state index in [0.717, 1.165) is 50.1 Å². The molecule has 2 fully saturated rings. The van der Waals surface area contributed by atoms with E-state index in [1.165, 1.54) is 39.7 Å². The van der Waals surface area contributed by atoms with Crippen molar-refractivity contribution < 1.29 is 4.79 Å². The maximum absolute atomic E-state index is 12.4. The highest BCUT2D eigenvalue weighted by Crippen LogP contribution is 2.37. The summed E-state index contributed by atoms with van der Waals surface area (Å²) in [6, 6.07) is 7.39. The molecular weight excluding hydrogens is 470 g/mol. The third-order valence-corrected chi connectivity index (χ3v) is 8.25. The Morgan fingerprint density at radius 1 is 1.18 bits per heavy atom. The Morgan fingerprint density at radius 3 is 2.53 bits per heavy atom. The van der Waals surface area contributed by atoms with E-state index in [9.17, 15) is 4.79 Å². The van der Waals surface area contributed by atoms with E-state index in [-0.39, 0.29) is 5.91 Å². The number of carbonyl (C=O) groups excluding carboxylic acids is 1. The van der Waals surface area contributed by atoms with Crippen molar-refractivity contribution in [3.63, 3.8) is 0 Å². The van der Waals surface area contributed by atoms with Gasteiger partial charge in [-0.15, -0.1) is 0 Å². The summed E-state index contributed by atoms with van der Waals surface area (Å²) in [5, 5.41) is 4.50. The second kappa shape index (κ2) is 12.7. The Labute approximate surface area is 228 Å². The van der Waals surface area contributed by atoms with Crippen LogP contribution < -0.4 is 5.32 Å². The van der Waals surface area contributed by atoms with Crippen molar-refractivity contribution in [1.29, 1.82) is 0 Å².